The van der Waals surface area contributed by atoms with Crippen LogP contribution in [0.3, 0.4) is 0 Å². The van der Waals surface area contributed by atoms with Crippen molar-refractivity contribution < 1.29 is 34.0 Å². The number of carbonyl (C=O) groups is 2. The average molecular weight is 441 g/mol. The molecule has 1 aliphatic heterocycles. The number of rotatable bonds is 8. The summed E-state index contributed by atoms with van der Waals surface area (Å²) in [7, 11) is 2.96. The highest BCUT2D eigenvalue weighted by molar-refractivity contribution is 6.46. The number of Topliss-reactive ketones (excluding diaryl/α,β-unsaturated/α-hetero) is 1. The van der Waals surface area contributed by atoms with Crippen LogP contribution in [0.2, 0.25) is 0 Å². The molecular weight excluding hydrogens is 414 g/mol. The van der Waals surface area contributed by atoms with E-state index in [0.29, 0.717) is 42.2 Å². The van der Waals surface area contributed by atoms with Gasteiger partial charge in [-0.05, 0) is 49.2 Å². The van der Waals surface area contributed by atoms with E-state index in [4.69, 9.17) is 14.2 Å². The van der Waals surface area contributed by atoms with Gasteiger partial charge in [0, 0.05) is 12.1 Å². The molecule has 8 heteroatoms. The first-order valence-corrected chi connectivity index (χ1v) is 10.3. The van der Waals surface area contributed by atoms with Gasteiger partial charge in [0.2, 0.25) is 0 Å². The van der Waals surface area contributed by atoms with Gasteiger partial charge in [-0.15, -0.1) is 0 Å². The van der Waals surface area contributed by atoms with E-state index in [1.165, 1.54) is 25.2 Å². The van der Waals surface area contributed by atoms with E-state index in [1.54, 1.807) is 37.3 Å². The van der Waals surface area contributed by atoms with Crippen LogP contribution >= 0.6 is 0 Å². The van der Waals surface area contributed by atoms with Crippen LogP contribution in [0, 0.1) is 0 Å². The number of aliphatic hydroxyl groups is 1. The minimum absolute atomic E-state index is 0.0381. The molecule has 0 saturated carbocycles. The maximum atomic E-state index is 13.0. The summed E-state index contributed by atoms with van der Waals surface area (Å²) >= 11 is 0. The lowest BCUT2D eigenvalue weighted by Gasteiger charge is -2.25. The van der Waals surface area contributed by atoms with Gasteiger partial charge >= 0.3 is 0 Å². The predicted molar refractivity (Wildman–Crippen MR) is 118 cm³/mol. The maximum absolute atomic E-state index is 13.0. The van der Waals surface area contributed by atoms with E-state index in [1.807, 2.05) is 6.92 Å². The van der Waals surface area contributed by atoms with Gasteiger partial charge < -0.3 is 29.3 Å². The molecule has 170 valence electrons. The molecule has 0 bridgehead atoms. The summed E-state index contributed by atoms with van der Waals surface area (Å²) in [6.45, 7) is 4.33. The Bertz CT molecular complexity index is 1060. The monoisotopic (exact) mass is 441 g/mol. The molecule has 3 rings (SSSR count). The number of aromatic hydroxyl groups is 1. The highest BCUT2D eigenvalue weighted by Crippen LogP contribution is 2.42. The second-order valence-electron chi connectivity index (χ2n) is 7.22. The summed E-state index contributed by atoms with van der Waals surface area (Å²) in [6.07, 6.45) is 0.621. The molecule has 0 aliphatic carbocycles. The highest BCUT2D eigenvalue weighted by Gasteiger charge is 2.46. The number of methoxy groups -OCH3 is 2. The van der Waals surface area contributed by atoms with Crippen LogP contribution in [0.15, 0.2) is 42.0 Å². The van der Waals surface area contributed by atoms with Crippen molar-refractivity contribution in [2.24, 2.45) is 0 Å². The van der Waals surface area contributed by atoms with Crippen molar-refractivity contribution in [3.63, 3.8) is 0 Å². The van der Waals surface area contributed by atoms with Crippen molar-refractivity contribution in [3.05, 3.63) is 53.1 Å². The average Bonchev–Trinajstić information content (AvgIpc) is 3.05. The van der Waals surface area contributed by atoms with Gasteiger partial charge in [0.1, 0.15) is 5.76 Å². The fourth-order valence-corrected chi connectivity index (χ4v) is 3.81. The lowest BCUT2D eigenvalue weighted by atomic mass is 9.94. The van der Waals surface area contributed by atoms with Crippen molar-refractivity contribution >= 4 is 17.4 Å². The van der Waals surface area contributed by atoms with Crippen LogP contribution in [0.25, 0.3) is 5.76 Å². The molecule has 1 atom stereocenters. The molecular formula is C24H27NO7. The second-order valence-corrected chi connectivity index (χ2v) is 7.22. The fourth-order valence-electron chi connectivity index (χ4n) is 3.81. The summed E-state index contributed by atoms with van der Waals surface area (Å²) < 4.78 is 16.0. The van der Waals surface area contributed by atoms with Crippen LogP contribution in [-0.2, 0) is 9.59 Å². The van der Waals surface area contributed by atoms with Crippen molar-refractivity contribution in [1.29, 1.82) is 0 Å². The smallest absolute Gasteiger partial charge is 0.295 e. The normalized spacial score (nSPS) is 17.5. The number of nitrogens with zero attached hydrogens (tertiary/aromatic N) is 1. The molecule has 32 heavy (non-hydrogen) atoms. The van der Waals surface area contributed by atoms with Gasteiger partial charge in [-0.25, -0.2) is 0 Å². The Kier molecular flexibility index (Phi) is 6.92. The number of phenolic OH excluding ortho intramolecular Hbond substituents is 1. The number of ether oxygens (including phenoxy) is 3. The second kappa shape index (κ2) is 9.64. The molecule has 0 spiro atoms. The summed E-state index contributed by atoms with van der Waals surface area (Å²) in [6, 6.07) is 8.55. The van der Waals surface area contributed by atoms with E-state index >= 15 is 0 Å². The van der Waals surface area contributed by atoms with Crippen LogP contribution in [-0.4, -0.2) is 54.2 Å². The van der Waals surface area contributed by atoms with Crippen molar-refractivity contribution in [3.8, 4) is 23.0 Å². The van der Waals surface area contributed by atoms with Crippen molar-refractivity contribution in [2.45, 2.75) is 26.3 Å². The van der Waals surface area contributed by atoms with E-state index in [9.17, 15) is 19.8 Å². The van der Waals surface area contributed by atoms with E-state index in [-0.39, 0.29) is 22.8 Å². The van der Waals surface area contributed by atoms with E-state index < -0.39 is 17.7 Å². The minimum Gasteiger partial charge on any atom is -0.507 e. The first-order chi connectivity index (χ1) is 15.4. The largest absolute Gasteiger partial charge is 0.507 e. The first-order valence-electron chi connectivity index (χ1n) is 10.3. The number of aliphatic hydroxyl groups excluding tert-OH is 1. The van der Waals surface area contributed by atoms with Gasteiger partial charge in [-0.3, -0.25) is 9.59 Å². The Morgan fingerprint density at radius 2 is 1.72 bits per heavy atom. The Labute approximate surface area is 186 Å². The van der Waals surface area contributed by atoms with Crippen LogP contribution < -0.4 is 14.2 Å². The summed E-state index contributed by atoms with van der Waals surface area (Å²) in [5.41, 5.74) is 0.815. The number of ketones is 1. The molecule has 1 fully saturated rings. The number of benzene rings is 2. The third-order valence-corrected chi connectivity index (χ3v) is 5.26. The van der Waals surface area contributed by atoms with Crippen LogP contribution in [0.1, 0.15) is 37.4 Å². The fraction of sp³-hybridized carbons (Fsp3) is 0.333. The number of amides is 1. The quantitative estimate of drug-likeness (QED) is 0.366. The molecule has 1 heterocycles. The number of carbonyl (C=O) groups excluding carboxylic acids is 2. The SMILES string of the molecule is CCCN1C(=O)C(=O)/C(=C(\O)c2ccc(OC)c(OC)c2)C1c1ccc(O)c(OCC)c1. The first kappa shape index (κ1) is 23.0. The van der Waals surface area contributed by atoms with Gasteiger partial charge in [-0.2, -0.15) is 0 Å². The van der Waals surface area contributed by atoms with Crippen LogP contribution in [0.4, 0.5) is 0 Å². The molecule has 0 aromatic heterocycles. The van der Waals surface area contributed by atoms with Gasteiger partial charge in [0.05, 0.1) is 32.4 Å². The lowest BCUT2D eigenvalue weighted by molar-refractivity contribution is -0.139. The van der Waals surface area contributed by atoms with E-state index in [0.717, 1.165) is 0 Å². The van der Waals surface area contributed by atoms with Crippen molar-refractivity contribution in [1.82, 2.24) is 4.90 Å². The zero-order chi connectivity index (χ0) is 23.4. The number of likely N-dealkylation sites (tertiary alicyclic amines) is 1. The molecule has 0 radical (unpaired) electrons. The molecule has 1 unspecified atom stereocenters. The number of phenols is 1. The van der Waals surface area contributed by atoms with Gasteiger partial charge in [0.15, 0.2) is 23.0 Å². The third kappa shape index (κ3) is 4.08. The summed E-state index contributed by atoms with van der Waals surface area (Å²) in [5.74, 6) is -0.766. The Morgan fingerprint density at radius 3 is 2.34 bits per heavy atom. The topological polar surface area (TPSA) is 106 Å². The minimum atomic E-state index is -0.831. The molecule has 1 amide bonds. The Balaban J connectivity index is 2.20. The molecule has 2 aromatic carbocycles. The molecule has 2 N–H and O–H groups in total. The molecule has 1 aliphatic rings. The lowest BCUT2D eigenvalue weighted by Crippen LogP contribution is -2.30. The molecule has 8 nitrogen and oxygen atoms in total. The highest BCUT2D eigenvalue weighted by atomic mass is 16.5. The predicted octanol–water partition coefficient (Wildman–Crippen LogP) is 3.64. The van der Waals surface area contributed by atoms with Gasteiger partial charge in [-0.1, -0.05) is 13.0 Å². The zero-order valence-corrected chi connectivity index (χ0v) is 18.5. The number of hydrogen-bond donors (Lipinski definition) is 2. The van der Waals surface area contributed by atoms with E-state index in [2.05, 4.69) is 0 Å². The summed E-state index contributed by atoms with van der Waals surface area (Å²) in [4.78, 5) is 27.3. The van der Waals surface area contributed by atoms with Crippen molar-refractivity contribution in [2.75, 3.05) is 27.4 Å². The molecule has 2 aromatic rings. The third-order valence-electron chi connectivity index (χ3n) is 5.26. The van der Waals surface area contributed by atoms with Gasteiger partial charge in [0.25, 0.3) is 11.7 Å². The maximum Gasteiger partial charge on any atom is 0.295 e. The Morgan fingerprint density at radius 1 is 1.00 bits per heavy atom. The molecule has 1 saturated heterocycles. The van der Waals surface area contributed by atoms with Crippen LogP contribution in [0.5, 0.6) is 23.0 Å². The number of hydrogen-bond acceptors (Lipinski definition) is 7. The Hall–Kier alpha value is -3.68. The standard InChI is InChI=1S/C24H27NO7/c1-5-11-25-21(14-7-9-16(26)18(12-14)32-6-2)20(23(28)24(25)29)22(27)15-8-10-17(30-3)19(13-15)31-4/h7-10,12-13,21,26-27H,5-6,11H2,1-4H3/b22-20-. The summed E-state index contributed by atoms with van der Waals surface area (Å²) in [5, 5.41) is 21.2. The zero-order valence-electron chi connectivity index (χ0n) is 18.5.